The summed E-state index contributed by atoms with van der Waals surface area (Å²) >= 11 is 1.29. The number of H-pyrrole nitrogens is 1. The Balaban J connectivity index is 1.54. The van der Waals surface area contributed by atoms with Gasteiger partial charge < -0.3 is 9.72 Å². The maximum absolute atomic E-state index is 12.6. The van der Waals surface area contributed by atoms with E-state index in [1.807, 2.05) is 31.2 Å². The molecule has 0 fully saturated rings. The highest BCUT2D eigenvalue weighted by molar-refractivity contribution is 7.14. The van der Waals surface area contributed by atoms with Gasteiger partial charge >= 0.3 is 5.97 Å². The summed E-state index contributed by atoms with van der Waals surface area (Å²) in [5.41, 5.74) is 2.64. The number of nitrogens with zero attached hydrogens (tertiary/aromatic N) is 2. The molecule has 4 aromatic rings. The summed E-state index contributed by atoms with van der Waals surface area (Å²) in [6.07, 6.45) is 0. The van der Waals surface area contributed by atoms with Crippen LogP contribution >= 0.6 is 11.3 Å². The Morgan fingerprint density at radius 3 is 2.71 bits per heavy atom. The molecule has 0 bridgehead atoms. The second kappa shape index (κ2) is 8.53. The number of para-hydroxylation sites is 1. The van der Waals surface area contributed by atoms with Gasteiger partial charge in [-0.2, -0.15) is 0 Å². The molecule has 7 nitrogen and oxygen atoms in total. The molecule has 0 atom stereocenters. The lowest BCUT2D eigenvalue weighted by atomic mass is 10.1. The van der Waals surface area contributed by atoms with Gasteiger partial charge in [-0.3, -0.25) is 14.5 Å². The van der Waals surface area contributed by atoms with Gasteiger partial charge in [-0.15, -0.1) is 11.3 Å². The second-order valence-electron chi connectivity index (χ2n) is 6.98. The smallest absolute Gasteiger partial charge is 0.339 e. The van der Waals surface area contributed by atoms with Crippen LogP contribution in [-0.4, -0.2) is 21.8 Å². The number of nitrogens with one attached hydrogen (secondary N) is 1. The Kier molecular flexibility index (Phi) is 5.64. The third-order valence-corrected chi connectivity index (χ3v) is 5.50. The van der Waals surface area contributed by atoms with Crippen molar-refractivity contribution in [2.75, 3.05) is 4.90 Å². The molecule has 0 aliphatic carbocycles. The summed E-state index contributed by atoms with van der Waals surface area (Å²) in [6, 6.07) is 15.8. The number of hydrogen-bond donors (Lipinski definition) is 1. The first-order chi connectivity index (χ1) is 14.9. The van der Waals surface area contributed by atoms with Crippen LogP contribution in [0.1, 0.15) is 28.5 Å². The molecule has 2 aromatic heterocycles. The molecule has 8 heteroatoms. The largest absolute Gasteiger partial charge is 0.456 e. The van der Waals surface area contributed by atoms with Gasteiger partial charge in [-0.05, 0) is 30.7 Å². The van der Waals surface area contributed by atoms with Crippen molar-refractivity contribution >= 4 is 44.9 Å². The predicted octanol–water partition coefficient (Wildman–Crippen LogP) is 4.33. The summed E-state index contributed by atoms with van der Waals surface area (Å²) in [7, 11) is 0. The Morgan fingerprint density at radius 2 is 1.94 bits per heavy atom. The molecule has 156 valence electrons. The zero-order valence-electron chi connectivity index (χ0n) is 16.9. The number of benzene rings is 2. The Morgan fingerprint density at radius 1 is 1.13 bits per heavy atom. The maximum atomic E-state index is 12.6. The molecule has 0 spiro atoms. The molecular formula is C23H19N3O4S. The molecule has 0 saturated carbocycles. The van der Waals surface area contributed by atoms with E-state index >= 15 is 0 Å². The number of carbonyl (C=O) groups excluding carboxylic acids is 2. The van der Waals surface area contributed by atoms with E-state index in [1.54, 1.807) is 29.6 Å². The molecular weight excluding hydrogens is 414 g/mol. The van der Waals surface area contributed by atoms with Gasteiger partial charge in [0.1, 0.15) is 6.61 Å². The highest BCUT2D eigenvalue weighted by Gasteiger charge is 2.19. The van der Waals surface area contributed by atoms with Gasteiger partial charge in [0.2, 0.25) is 11.5 Å². The molecule has 2 aromatic carbocycles. The first-order valence-corrected chi connectivity index (χ1v) is 10.4. The standard InChI is InChI=1S/C23H19N3O4S/c1-14-6-5-7-17(10-14)26(15(2)27)23-24-16(13-31-23)12-30-22(29)19-11-21(28)25-20-9-4-3-8-18(19)20/h3-11,13H,12H2,1-2H3,(H,25,28). The van der Waals surface area contributed by atoms with E-state index in [9.17, 15) is 14.4 Å². The number of rotatable bonds is 5. The minimum Gasteiger partial charge on any atom is -0.456 e. The van der Waals surface area contributed by atoms with Crippen LogP contribution in [0.15, 0.2) is 64.8 Å². The summed E-state index contributed by atoms with van der Waals surface area (Å²) < 4.78 is 5.40. The van der Waals surface area contributed by atoms with Crippen LogP contribution in [-0.2, 0) is 16.1 Å². The lowest BCUT2D eigenvalue weighted by Crippen LogP contribution is -2.22. The maximum Gasteiger partial charge on any atom is 0.339 e. The van der Waals surface area contributed by atoms with Crippen LogP contribution in [0, 0.1) is 6.92 Å². The summed E-state index contributed by atoms with van der Waals surface area (Å²) in [5, 5.41) is 2.84. The number of amides is 1. The number of fused-ring (bicyclic) bond motifs is 1. The highest BCUT2D eigenvalue weighted by Crippen LogP contribution is 2.29. The van der Waals surface area contributed by atoms with Gasteiger partial charge in [-0.25, -0.2) is 9.78 Å². The van der Waals surface area contributed by atoms with E-state index in [0.29, 0.717) is 21.7 Å². The zero-order valence-corrected chi connectivity index (χ0v) is 17.7. The van der Waals surface area contributed by atoms with Gasteiger partial charge in [0.05, 0.1) is 16.9 Å². The third-order valence-electron chi connectivity index (χ3n) is 4.63. The number of pyridine rings is 1. The Bertz CT molecular complexity index is 1340. The Hall–Kier alpha value is -3.78. The molecule has 0 saturated heterocycles. The third kappa shape index (κ3) is 4.39. The number of anilines is 2. The molecule has 2 heterocycles. The number of ether oxygens (including phenoxy) is 1. The Labute approximate surface area is 181 Å². The van der Waals surface area contributed by atoms with E-state index in [0.717, 1.165) is 11.3 Å². The van der Waals surface area contributed by atoms with Crippen molar-refractivity contribution in [1.82, 2.24) is 9.97 Å². The van der Waals surface area contributed by atoms with E-state index in [4.69, 9.17) is 4.74 Å². The number of thiazole rings is 1. The van der Waals surface area contributed by atoms with Crippen molar-refractivity contribution in [1.29, 1.82) is 0 Å². The fourth-order valence-corrected chi connectivity index (χ4v) is 4.12. The predicted molar refractivity (Wildman–Crippen MR) is 120 cm³/mol. The van der Waals surface area contributed by atoms with Crippen molar-refractivity contribution in [2.45, 2.75) is 20.5 Å². The molecule has 1 N–H and O–H groups in total. The SMILES string of the molecule is CC(=O)N(c1cccc(C)c1)c1nc(COC(=O)c2cc(=O)[nH]c3ccccc23)cs1. The number of aryl methyl sites for hydroxylation is 1. The lowest BCUT2D eigenvalue weighted by molar-refractivity contribution is -0.115. The fourth-order valence-electron chi connectivity index (χ4n) is 3.25. The van der Waals surface area contributed by atoms with Gasteiger partial charge in [0.25, 0.3) is 0 Å². The van der Waals surface area contributed by atoms with Crippen molar-refractivity contribution < 1.29 is 14.3 Å². The van der Waals surface area contributed by atoms with E-state index in [1.165, 1.54) is 29.2 Å². The van der Waals surface area contributed by atoms with Crippen molar-refractivity contribution in [3.63, 3.8) is 0 Å². The van der Waals surface area contributed by atoms with Crippen LogP contribution in [0.5, 0.6) is 0 Å². The molecule has 0 aliphatic rings. The number of esters is 1. The molecule has 4 rings (SSSR count). The van der Waals surface area contributed by atoms with Crippen molar-refractivity contribution in [3.8, 4) is 0 Å². The highest BCUT2D eigenvalue weighted by atomic mass is 32.1. The summed E-state index contributed by atoms with van der Waals surface area (Å²) in [4.78, 5) is 45.4. The fraction of sp³-hybridized carbons (Fsp3) is 0.130. The number of carbonyl (C=O) groups is 2. The van der Waals surface area contributed by atoms with Gasteiger partial charge in [0.15, 0.2) is 5.13 Å². The topological polar surface area (TPSA) is 92.4 Å². The van der Waals surface area contributed by atoms with Crippen LogP contribution in [0.2, 0.25) is 0 Å². The monoisotopic (exact) mass is 433 g/mol. The van der Waals surface area contributed by atoms with E-state index in [-0.39, 0.29) is 23.6 Å². The lowest BCUT2D eigenvalue weighted by Gasteiger charge is -2.18. The first kappa shape index (κ1) is 20.5. The first-order valence-electron chi connectivity index (χ1n) is 9.53. The normalized spacial score (nSPS) is 10.8. The van der Waals surface area contributed by atoms with Crippen LogP contribution in [0.3, 0.4) is 0 Å². The minimum absolute atomic E-state index is 0.0734. The van der Waals surface area contributed by atoms with Crippen molar-refractivity contribution in [3.05, 3.63) is 87.2 Å². The number of aromatic nitrogens is 2. The van der Waals surface area contributed by atoms with E-state index < -0.39 is 5.97 Å². The number of hydrogen-bond acceptors (Lipinski definition) is 6. The zero-order chi connectivity index (χ0) is 22.0. The minimum atomic E-state index is -0.612. The molecule has 0 unspecified atom stereocenters. The van der Waals surface area contributed by atoms with Gasteiger partial charge in [-0.1, -0.05) is 30.3 Å². The van der Waals surface area contributed by atoms with Crippen molar-refractivity contribution in [2.24, 2.45) is 0 Å². The average Bonchev–Trinajstić information content (AvgIpc) is 3.19. The van der Waals surface area contributed by atoms with Gasteiger partial charge in [0, 0.05) is 29.3 Å². The second-order valence-corrected chi connectivity index (χ2v) is 7.82. The molecule has 0 radical (unpaired) electrons. The molecule has 31 heavy (non-hydrogen) atoms. The molecule has 0 aliphatic heterocycles. The average molecular weight is 433 g/mol. The van der Waals surface area contributed by atoms with Crippen LogP contribution in [0.4, 0.5) is 10.8 Å². The summed E-state index contributed by atoms with van der Waals surface area (Å²) in [5.74, 6) is -0.780. The quantitative estimate of drug-likeness (QED) is 0.473. The molecule has 1 amide bonds. The summed E-state index contributed by atoms with van der Waals surface area (Å²) in [6.45, 7) is 3.35. The van der Waals surface area contributed by atoms with E-state index in [2.05, 4.69) is 9.97 Å². The van der Waals surface area contributed by atoms with Crippen LogP contribution < -0.4 is 10.5 Å². The van der Waals surface area contributed by atoms with Crippen LogP contribution in [0.25, 0.3) is 10.9 Å². The number of aromatic amines is 1.